The Balaban J connectivity index is 1.66. The SMILES string of the molecule is N[C@@H](CCc1ccccc1)C(=O)NCC1CCCOC1. The zero-order chi connectivity index (χ0) is 14.2. The zero-order valence-electron chi connectivity index (χ0n) is 11.9. The van der Waals surface area contributed by atoms with Crippen LogP contribution in [0.25, 0.3) is 0 Å². The monoisotopic (exact) mass is 276 g/mol. The number of carbonyl (C=O) groups excluding carboxylic acids is 1. The first-order valence-corrected chi connectivity index (χ1v) is 7.40. The lowest BCUT2D eigenvalue weighted by Crippen LogP contribution is -2.43. The van der Waals surface area contributed by atoms with Crippen LogP contribution in [-0.2, 0) is 16.0 Å². The molecule has 110 valence electrons. The summed E-state index contributed by atoms with van der Waals surface area (Å²) in [6.07, 6.45) is 3.72. The molecular formula is C16H24N2O2. The average Bonchev–Trinajstić information content (AvgIpc) is 2.52. The summed E-state index contributed by atoms with van der Waals surface area (Å²) in [5.41, 5.74) is 7.16. The van der Waals surface area contributed by atoms with Crippen molar-refractivity contribution in [3.05, 3.63) is 35.9 Å². The number of nitrogens with one attached hydrogen (secondary N) is 1. The van der Waals surface area contributed by atoms with Crippen LogP contribution in [0.5, 0.6) is 0 Å². The normalized spacial score (nSPS) is 20.4. The van der Waals surface area contributed by atoms with Crippen LogP contribution >= 0.6 is 0 Å². The molecule has 1 heterocycles. The van der Waals surface area contributed by atoms with Crippen LogP contribution in [0.3, 0.4) is 0 Å². The lowest BCUT2D eigenvalue weighted by atomic mass is 10.0. The topological polar surface area (TPSA) is 64.4 Å². The minimum atomic E-state index is -0.431. The fourth-order valence-electron chi connectivity index (χ4n) is 2.44. The molecule has 0 aliphatic carbocycles. The van der Waals surface area contributed by atoms with Gasteiger partial charge in [0.1, 0.15) is 0 Å². The summed E-state index contributed by atoms with van der Waals surface area (Å²) in [7, 11) is 0. The van der Waals surface area contributed by atoms with E-state index in [2.05, 4.69) is 17.4 Å². The summed E-state index contributed by atoms with van der Waals surface area (Å²) in [5.74, 6) is 0.389. The molecule has 2 atom stereocenters. The molecule has 4 heteroatoms. The van der Waals surface area contributed by atoms with Gasteiger partial charge in [0.2, 0.25) is 5.91 Å². The molecule has 0 aromatic heterocycles. The van der Waals surface area contributed by atoms with Crippen LogP contribution in [0.4, 0.5) is 0 Å². The van der Waals surface area contributed by atoms with Crippen molar-refractivity contribution in [2.24, 2.45) is 11.7 Å². The first-order valence-electron chi connectivity index (χ1n) is 7.40. The maximum absolute atomic E-state index is 11.9. The highest BCUT2D eigenvalue weighted by atomic mass is 16.5. The van der Waals surface area contributed by atoms with Gasteiger partial charge in [-0.05, 0) is 37.2 Å². The smallest absolute Gasteiger partial charge is 0.236 e. The van der Waals surface area contributed by atoms with Crippen molar-refractivity contribution in [3.8, 4) is 0 Å². The van der Waals surface area contributed by atoms with Crippen LogP contribution in [0.15, 0.2) is 30.3 Å². The summed E-state index contributed by atoms with van der Waals surface area (Å²) < 4.78 is 5.40. The molecule has 0 spiro atoms. The third-order valence-electron chi connectivity index (χ3n) is 3.74. The van der Waals surface area contributed by atoms with Gasteiger partial charge in [-0.1, -0.05) is 30.3 Å². The van der Waals surface area contributed by atoms with Gasteiger partial charge in [0.15, 0.2) is 0 Å². The summed E-state index contributed by atoms with van der Waals surface area (Å²) in [6, 6.07) is 9.68. The third kappa shape index (κ3) is 4.94. The van der Waals surface area contributed by atoms with Crippen molar-refractivity contribution >= 4 is 5.91 Å². The molecule has 4 nitrogen and oxygen atoms in total. The van der Waals surface area contributed by atoms with E-state index < -0.39 is 6.04 Å². The second-order valence-electron chi connectivity index (χ2n) is 5.46. The Morgan fingerprint density at radius 3 is 2.90 bits per heavy atom. The second kappa shape index (κ2) is 8.02. The number of hydrogen-bond donors (Lipinski definition) is 2. The fourth-order valence-corrected chi connectivity index (χ4v) is 2.44. The van der Waals surface area contributed by atoms with Gasteiger partial charge in [-0.2, -0.15) is 0 Å². The Labute approximate surface area is 120 Å². The number of amides is 1. The molecule has 1 amide bonds. The first kappa shape index (κ1) is 15.0. The number of carbonyl (C=O) groups is 1. The molecule has 0 saturated carbocycles. The largest absolute Gasteiger partial charge is 0.381 e. The average molecular weight is 276 g/mol. The second-order valence-corrected chi connectivity index (χ2v) is 5.46. The van der Waals surface area contributed by atoms with E-state index in [1.165, 1.54) is 5.56 Å². The lowest BCUT2D eigenvalue weighted by molar-refractivity contribution is -0.122. The molecule has 0 radical (unpaired) electrons. The van der Waals surface area contributed by atoms with Crippen LogP contribution in [0.2, 0.25) is 0 Å². The highest BCUT2D eigenvalue weighted by Gasteiger charge is 2.17. The van der Waals surface area contributed by atoms with Crippen LogP contribution < -0.4 is 11.1 Å². The maximum Gasteiger partial charge on any atom is 0.236 e. The fraction of sp³-hybridized carbons (Fsp3) is 0.562. The molecule has 1 aromatic carbocycles. The first-order chi connectivity index (χ1) is 9.75. The molecule has 2 rings (SSSR count). The van der Waals surface area contributed by atoms with Gasteiger partial charge >= 0.3 is 0 Å². The Morgan fingerprint density at radius 2 is 2.20 bits per heavy atom. The number of rotatable bonds is 6. The van der Waals surface area contributed by atoms with Crippen LogP contribution in [-0.4, -0.2) is 31.7 Å². The number of aryl methyl sites for hydroxylation is 1. The number of nitrogens with two attached hydrogens (primary N) is 1. The highest BCUT2D eigenvalue weighted by molar-refractivity contribution is 5.81. The van der Waals surface area contributed by atoms with E-state index in [-0.39, 0.29) is 5.91 Å². The molecule has 1 unspecified atom stereocenters. The summed E-state index contributed by atoms with van der Waals surface area (Å²) >= 11 is 0. The van der Waals surface area contributed by atoms with E-state index >= 15 is 0 Å². The van der Waals surface area contributed by atoms with E-state index in [4.69, 9.17) is 10.5 Å². The molecule has 1 saturated heterocycles. The Hall–Kier alpha value is -1.39. The van der Waals surface area contributed by atoms with Crippen molar-refractivity contribution in [2.45, 2.75) is 31.7 Å². The minimum Gasteiger partial charge on any atom is -0.381 e. The zero-order valence-corrected chi connectivity index (χ0v) is 11.9. The van der Waals surface area contributed by atoms with Gasteiger partial charge in [0.05, 0.1) is 12.6 Å². The van der Waals surface area contributed by atoms with Gasteiger partial charge in [0, 0.05) is 13.2 Å². The number of benzene rings is 1. The lowest BCUT2D eigenvalue weighted by Gasteiger charge is -2.23. The molecular weight excluding hydrogens is 252 g/mol. The predicted molar refractivity (Wildman–Crippen MR) is 79.3 cm³/mol. The van der Waals surface area contributed by atoms with Gasteiger partial charge in [-0.25, -0.2) is 0 Å². The van der Waals surface area contributed by atoms with E-state index in [1.807, 2.05) is 18.2 Å². The van der Waals surface area contributed by atoms with E-state index in [9.17, 15) is 4.79 Å². The summed E-state index contributed by atoms with van der Waals surface area (Å²) in [5, 5.41) is 2.94. The van der Waals surface area contributed by atoms with E-state index in [0.29, 0.717) is 18.9 Å². The Morgan fingerprint density at radius 1 is 1.40 bits per heavy atom. The standard InChI is InChI=1S/C16H24N2O2/c17-15(9-8-13-5-2-1-3-6-13)16(19)18-11-14-7-4-10-20-12-14/h1-3,5-6,14-15H,4,7-12,17H2,(H,18,19)/t14?,15-/m0/s1. The van der Waals surface area contributed by atoms with Crippen molar-refractivity contribution in [1.29, 1.82) is 0 Å². The molecule has 20 heavy (non-hydrogen) atoms. The highest BCUT2D eigenvalue weighted by Crippen LogP contribution is 2.12. The van der Waals surface area contributed by atoms with Crippen molar-refractivity contribution in [3.63, 3.8) is 0 Å². The van der Waals surface area contributed by atoms with Gasteiger partial charge in [-0.15, -0.1) is 0 Å². The minimum absolute atomic E-state index is 0.0495. The van der Waals surface area contributed by atoms with E-state index in [1.54, 1.807) is 0 Å². The molecule has 1 fully saturated rings. The van der Waals surface area contributed by atoms with Gasteiger partial charge in [-0.3, -0.25) is 4.79 Å². The molecule has 1 aliphatic rings. The quantitative estimate of drug-likeness (QED) is 0.827. The van der Waals surface area contributed by atoms with Crippen LogP contribution in [0, 0.1) is 5.92 Å². The van der Waals surface area contributed by atoms with Crippen molar-refractivity contribution in [1.82, 2.24) is 5.32 Å². The van der Waals surface area contributed by atoms with Gasteiger partial charge < -0.3 is 15.8 Å². The Kier molecular flexibility index (Phi) is 6.02. The van der Waals surface area contributed by atoms with E-state index in [0.717, 1.165) is 32.5 Å². The van der Waals surface area contributed by atoms with Crippen LogP contribution in [0.1, 0.15) is 24.8 Å². The summed E-state index contributed by atoms with van der Waals surface area (Å²) in [6.45, 7) is 2.28. The van der Waals surface area contributed by atoms with Crippen molar-refractivity contribution < 1.29 is 9.53 Å². The molecule has 1 aliphatic heterocycles. The van der Waals surface area contributed by atoms with Crippen molar-refractivity contribution in [2.75, 3.05) is 19.8 Å². The molecule has 1 aromatic rings. The predicted octanol–water partition coefficient (Wildman–Crippen LogP) is 1.49. The maximum atomic E-state index is 11.9. The number of ether oxygens (including phenoxy) is 1. The summed E-state index contributed by atoms with van der Waals surface area (Å²) in [4.78, 5) is 11.9. The molecule has 0 bridgehead atoms. The molecule has 3 N–H and O–H groups in total. The third-order valence-corrected chi connectivity index (χ3v) is 3.74. The van der Waals surface area contributed by atoms with Gasteiger partial charge in [0.25, 0.3) is 0 Å². The number of hydrogen-bond acceptors (Lipinski definition) is 3. The Bertz CT molecular complexity index is 402.